The molecule has 0 bridgehead atoms. The number of ether oxygens (including phenoxy) is 3. The molecule has 0 rings (SSSR count). The normalized spacial score (nSPS) is 15.4. The predicted molar refractivity (Wildman–Crippen MR) is 151 cm³/mol. The molecule has 0 radical (unpaired) electrons. The first kappa shape index (κ1) is 33.3. The third-order valence-electron chi connectivity index (χ3n) is 5.28. The smallest absolute Gasteiger partial charge is 0.161 e. The van der Waals surface area contributed by atoms with Crippen molar-refractivity contribution in [3.63, 3.8) is 0 Å². The molecule has 0 fully saturated rings. The molecule has 0 saturated heterocycles. The summed E-state index contributed by atoms with van der Waals surface area (Å²) in [5, 5.41) is 1.91. The van der Waals surface area contributed by atoms with E-state index in [2.05, 4.69) is 99.4 Å². The van der Waals surface area contributed by atoms with E-state index in [1.807, 2.05) is 0 Å². The predicted octanol–water partition coefficient (Wildman–Crippen LogP) is 9.30. The summed E-state index contributed by atoms with van der Waals surface area (Å²) in [6.45, 7) is 18.8. The lowest BCUT2D eigenvalue weighted by molar-refractivity contribution is -0.258. The zero-order valence-corrected chi connectivity index (χ0v) is 25.8. The molecule has 0 spiro atoms. The molecule has 3 nitrogen and oxygen atoms in total. The van der Waals surface area contributed by atoms with Crippen LogP contribution in [0.15, 0.2) is 23.3 Å². The highest BCUT2D eigenvalue weighted by molar-refractivity contribution is 9.09. The van der Waals surface area contributed by atoms with Crippen molar-refractivity contribution in [3.05, 3.63) is 23.3 Å². The van der Waals surface area contributed by atoms with Crippen molar-refractivity contribution in [2.24, 2.45) is 23.7 Å². The zero-order valence-electron chi connectivity index (χ0n) is 22.7. The number of hydrogen-bond donors (Lipinski definition) is 0. The van der Waals surface area contributed by atoms with Crippen LogP contribution in [0, 0.1) is 23.7 Å². The van der Waals surface area contributed by atoms with Gasteiger partial charge in [-0.1, -0.05) is 82.9 Å². The third kappa shape index (κ3) is 20.2. The molecule has 0 aliphatic rings. The van der Waals surface area contributed by atoms with Crippen molar-refractivity contribution in [1.82, 2.24) is 0 Å². The minimum absolute atomic E-state index is 0.243. The SMILES string of the molecule is CC(C)=CCCC(CBr)CC(OCC(C)C)OC(CC(CBr)CCC=C(C)C)OCC(C)C. The fraction of sp³-hybridized carbons (Fsp3) is 0.857. The highest BCUT2D eigenvalue weighted by Crippen LogP contribution is 2.25. The van der Waals surface area contributed by atoms with Crippen LogP contribution in [0.3, 0.4) is 0 Å². The van der Waals surface area contributed by atoms with E-state index in [0.717, 1.165) is 49.2 Å². The Morgan fingerprint density at radius 2 is 1.03 bits per heavy atom. The number of rotatable bonds is 20. The van der Waals surface area contributed by atoms with E-state index in [0.29, 0.717) is 36.9 Å². The average molecular weight is 597 g/mol. The summed E-state index contributed by atoms with van der Waals surface area (Å²) in [5.74, 6) is 1.96. The fourth-order valence-corrected chi connectivity index (χ4v) is 4.55. The lowest BCUT2D eigenvalue weighted by Gasteiger charge is -2.30. The molecule has 0 heterocycles. The van der Waals surface area contributed by atoms with Gasteiger partial charge in [0, 0.05) is 23.5 Å². The van der Waals surface area contributed by atoms with Crippen LogP contribution in [0.4, 0.5) is 0 Å². The van der Waals surface area contributed by atoms with Crippen LogP contribution in [0.2, 0.25) is 0 Å². The van der Waals surface area contributed by atoms with Gasteiger partial charge in [0.1, 0.15) is 0 Å². The molecule has 0 aliphatic heterocycles. The van der Waals surface area contributed by atoms with Gasteiger partial charge in [0.15, 0.2) is 12.6 Å². The van der Waals surface area contributed by atoms with E-state index in [4.69, 9.17) is 14.2 Å². The second-order valence-electron chi connectivity index (χ2n) is 10.7. The van der Waals surface area contributed by atoms with E-state index in [1.165, 1.54) is 11.1 Å². The molecule has 0 aromatic rings. The number of allylic oxidation sites excluding steroid dienone is 4. The first-order valence-corrected chi connectivity index (χ1v) is 15.1. The summed E-state index contributed by atoms with van der Waals surface area (Å²) >= 11 is 7.45. The Labute approximate surface area is 222 Å². The zero-order chi connectivity index (χ0) is 25.2. The average Bonchev–Trinajstić information content (AvgIpc) is 2.73. The van der Waals surface area contributed by atoms with Gasteiger partial charge in [-0.05, 0) is 77.0 Å². The van der Waals surface area contributed by atoms with Gasteiger partial charge in [-0.3, -0.25) is 0 Å². The van der Waals surface area contributed by atoms with Gasteiger partial charge in [-0.15, -0.1) is 0 Å². The highest BCUT2D eigenvalue weighted by atomic mass is 79.9. The van der Waals surface area contributed by atoms with Crippen LogP contribution >= 0.6 is 31.9 Å². The summed E-state index contributed by atoms with van der Waals surface area (Å²) < 4.78 is 19.1. The second-order valence-corrected chi connectivity index (χ2v) is 12.0. The first-order chi connectivity index (χ1) is 15.6. The molecule has 0 N–H and O–H groups in total. The minimum Gasteiger partial charge on any atom is -0.352 e. The van der Waals surface area contributed by atoms with Crippen LogP contribution in [-0.4, -0.2) is 36.5 Å². The Morgan fingerprint density at radius 3 is 1.30 bits per heavy atom. The summed E-state index contributed by atoms with van der Waals surface area (Å²) in [7, 11) is 0. The second kappa shape index (κ2) is 20.5. The molecular formula is C28H52Br2O3. The van der Waals surface area contributed by atoms with Crippen LogP contribution in [0.25, 0.3) is 0 Å². The Balaban J connectivity index is 5.27. The summed E-state index contributed by atoms with van der Waals surface area (Å²) in [6, 6.07) is 0. The van der Waals surface area contributed by atoms with Gasteiger partial charge >= 0.3 is 0 Å². The molecule has 4 unspecified atom stereocenters. The van der Waals surface area contributed by atoms with E-state index >= 15 is 0 Å². The van der Waals surface area contributed by atoms with Crippen molar-refractivity contribution in [2.45, 2.75) is 106 Å². The van der Waals surface area contributed by atoms with Crippen molar-refractivity contribution in [2.75, 3.05) is 23.9 Å². The topological polar surface area (TPSA) is 27.7 Å². The quantitative estimate of drug-likeness (QED) is 0.0797. The van der Waals surface area contributed by atoms with Crippen molar-refractivity contribution >= 4 is 31.9 Å². The molecule has 33 heavy (non-hydrogen) atoms. The number of hydrogen-bond acceptors (Lipinski definition) is 3. The molecule has 5 heteroatoms. The lowest BCUT2D eigenvalue weighted by Crippen LogP contribution is -2.32. The third-order valence-corrected chi connectivity index (χ3v) is 7.11. The van der Waals surface area contributed by atoms with Gasteiger partial charge in [0.2, 0.25) is 0 Å². The van der Waals surface area contributed by atoms with Crippen molar-refractivity contribution in [1.29, 1.82) is 0 Å². The van der Waals surface area contributed by atoms with Crippen LogP contribution in [-0.2, 0) is 14.2 Å². The molecular weight excluding hydrogens is 544 g/mol. The molecule has 0 amide bonds. The Morgan fingerprint density at radius 1 is 0.667 bits per heavy atom. The Kier molecular flexibility index (Phi) is 20.7. The molecule has 0 saturated carbocycles. The Bertz CT molecular complexity index is 477. The van der Waals surface area contributed by atoms with E-state index < -0.39 is 0 Å². The van der Waals surface area contributed by atoms with Gasteiger partial charge in [0.25, 0.3) is 0 Å². The summed E-state index contributed by atoms with van der Waals surface area (Å²) in [5.41, 5.74) is 2.76. The highest BCUT2D eigenvalue weighted by Gasteiger charge is 2.24. The maximum Gasteiger partial charge on any atom is 0.161 e. The maximum atomic E-state index is 6.55. The molecule has 196 valence electrons. The van der Waals surface area contributed by atoms with Gasteiger partial charge in [0.05, 0.1) is 13.2 Å². The first-order valence-electron chi connectivity index (χ1n) is 12.8. The number of halogens is 2. The molecule has 0 aliphatic carbocycles. The minimum atomic E-state index is -0.243. The molecule has 0 aromatic heterocycles. The van der Waals surface area contributed by atoms with Crippen LogP contribution in [0.1, 0.15) is 93.9 Å². The summed E-state index contributed by atoms with van der Waals surface area (Å²) in [4.78, 5) is 0. The van der Waals surface area contributed by atoms with E-state index in [9.17, 15) is 0 Å². The van der Waals surface area contributed by atoms with E-state index in [1.54, 1.807) is 0 Å². The van der Waals surface area contributed by atoms with Gasteiger partial charge in [-0.2, -0.15) is 0 Å². The van der Waals surface area contributed by atoms with Crippen molar-refractivity contribution in [3.8, 4) is 0 Å². The largest absolute Gasteiger partial charge is 0.352 e. The van der Waals surface area contributed by atoms with Crippen LogP contribution < -0.4 is 0 Å². The fourth-order valence-electron chi connectivity index (χ4n) is 3.37. The molecule has 0 aromatic carbocycles. The lowest BCUT2D eigenvalue weighted by atomic mass is 9.99. The van der Waals surface area contributed by atoms with Gasteiger partial charge in [-0.25, -0.2) is 0 Å². The van der Waals surface area contributed by atoms with Crippen molar-refractivity contribution < 1.29 is 14.2 Å². The standard InChI is InChI=1S/C28H52Br2O3/c1-21(2)11-9-13-25(17-29)15-27(31-19-23(5)6)33-28(32-20-24(7)8)16-26(18-30)14-10-12-22(3)4/h11-12,23-28H,9-10,13-20H2,1-8H3. The van der Waals surface area contributed by atoms with Crippen LogP contribution in [0.5, 0.6) is 0 Å². The Hall–Kier alpha value is 0.320. The number of alkyl halides is 2. The molecule has 4 atom stereocenters. The maximum absolute atomic E-state index is 6.55. The van der Waals surface area contributed by atoms with Gasteiger partial charge < -0.3 is 14.2 Å². The summed E-state index contributed by atoms with van der Waals surface area (Å²) in [6.07, 6.45) is 10.4. The van der Waals surface area contributed by atoms with E-state index in [-0.39, 0.29) is 12.6 Å². The monoisotopic (exact) mass is 594 g/mol.